The van der Waals surface area contributed by atoms with Crippen LogP contribution in [0.3, 0.4) is 0 Å². The van der Waals surface area contributed by atoms with Crippen LogP contribution in [0.15, 0.2) is 24.3 Å². The second-order valence-corrected chi connectivity index (χ2v) is 5.86. The van der Waals surface area contributed by atoms with Crippen LogP contribution in [0.1, 0.15) is 50.4 Å². The van der Waals surface area contributed by atoms with E-state index in [-0.39, 0.29) is 5.91 Å². The van der Waals surface area contributed by atoms with Crippen LogP contribution in [0.2, 0.25) is 0 Å². The van der Waals surface area contributed by atoms with Crippen molar-refractivity contribution in [3.8, 4) is 0 Å². The Bertz CT molecular complexity index is 375. The Hall–Kier alpha value is -0.580. The van der Waals surface area contributed by atoms with Crippen molar-refractivity contribution in [3.63, 3.8) is 0 Å². The Balaban J connectivity index is 2.83. The van der Waals surface area contributed by atoms with Crippen molar-refractivity contribution in [1.29, 1.82) is 0 Å². The third kappa shape index (κ3) is 4.26. The van der Waals surface area contributed by atoms with Crippen molar-refractivity contribution >= 4 is 28.5 Å². The zero-order valence-electron chi connectivity index (χ0n) is 11.4. The standard InChI is InChI=1S/C15H22INO/c1-4-6-11-17(12(3)5-2)15(18)13-7-9-14(16)10-8-13/h7-10,12H,4-6,11H2,1-3H3. The van der Waals surface area contributed by atoms with E-state index in [1.807, 2.05) is 29.2 Å². The Morgan fingerprint density at radius 3 is 2.39 bits per heavy atom. The molecule has 0 aliphatic heterocycles. The first-order valence-electron chi connectivity index (χ1n) is 6.66. The van der Waals surface area contributed by atoms with Crippen LogP contribution in [-0.2, 0) is 0 Å². The van der Waals surface area contributed by atoms with Crippen LogP contribution in [-0.4, -0.2) is 23.4 Å². The quantitative estimate of drug-likeness (QED) is 0.693. The van der Waals surface area contributed by atoms with Gasteiger partial charge >= 0.3 is 0 Å². The average molecular weight is 359 g/mol. The van der Waals surface area contributed by atoms with Gasteiger partial charge in [-0.3, -0.25) is 4.79 Å². The van der Waals surface area contributed by atoms with Crippen LogP contribution < -0.4 is 0 Å². The molecule has 2 nitrogen and oxygen atoms in total. The molecule has 1 unspecified atom stereocenters. The predicted molar refractivity (Wildman–Crippen MR) is 84.9 cm³/mol. The van der Waals surface area contributed by atoms with Gasteiger partial charge in [0.25, 0.3) is 5.91 Å². The molecule has 1 atom stereocenters. The second-order valence-electron chi connectivity index (χ2n) is 4.62. The fourth-order valence-electron chi connectivity index (χ4n) is 1.83. The number of carbonyl (C=O) groups excluding carboxylic acids is 1. The van der Waals surface area contributed by atoms with Gasteiger partial charge in [-0.15, -0.1) is 0 Å². The topological polar surface area (TPSA) is 20.3 Å². The summed E-state index contributed by atoms with van der Waals surface area (Å²) in [5, 5.41) is 0. The Morgan fingerprint density at radius 2 is 1.89 bits per heavy atom. The zero-order valence-corrected chi connectivity index (χ0v) is 13.6. The first kappa shape index (κ1) is 15.5. The number of amides is 1. The van der Waals surface area contributed by atoms with Gasteiger partial charge < -0.3 is 4.90 Å². The lowest BCUT2D eigenvalue weighted by molar-refractivity contribution is 0.0685. The van der Waals surface area contributed by atoms with E-state index < -0.39 is 0 Å². The third-order valence-corrected chi connectivity index (χ3v) is 3.95. The lowest BCUT2D eigenvalue weighted by Gasteiger charge is -2.28. The fraction of sp³-hybridized carbons (Fsp3) is 0.533. The van der Waals surface area contributed by atoms with E-state index in [2.05, 4.69) is 43.4 Å². The van der Waals surface area contributed by atoms with Crippen LogP contribution in [0.25, 0.3) is 0 Å². The largest absolute Gasteiger partial charge is 0.336 e. The first-order chi connectivity index (χ1) is 8.60. The fourth-order valence-corrected chi connectivity index (χ4v) is 2.19. The van der Waals surface area contributed by atoms with Crippen molar-refractivity contribution in [2.45, 2.75) is 46.1 Å². The summed E-state index contributed by atoms with van der Waals surface area (Å²) >= 11 is 2.26. The molecule has 0 aromatic heterocycles. The van der Waals surface area contributed by atoms with Crippen molar-refractivity contribution in [2.24, 2.45) is 0 Å². The molecule has 0 aliphatic rings. The van der Waals surface area contributed by atoms with Gasteiger partial charge in [-0.25, -0.2) is 0 Å². The molecule has 1 aromatic rings. The molecular formula is C15H22INO. The van der Waals surface area contributed by atoms with Gasteiger partial charge in [-0.1, -0.05) is 20.3 Å². The van der Waals surface area contributed by atoms with Gasteiger partial charge in [0.2, 0.25) is 0 Å². The lowest BCUT2D eigenvalue weighted by Crippen LogP contribution is -2.39. The average Bonchev–Trinajstić information content (AvgIpc) is 2.39. The molecule has 1 rings (SSSR count). The maximum Gasteiger partial charge on any atom is 0.254 e. The van der Waals surface area contributed by atoms with E-state index in [4.69, 9.17) is 0 Å². The van der Waals surface area contributed by atoms with Crippen molar-refractivity contribution in [3.05, 3.63) is 33.4 Å². The van der Waals surface area contributed by atoms with Crippen LogP contribution in [0.5, 0.6) is 0 Å². The summed E-state index contributed by atoms with van der Waals surface area (Å²) in [6, 6.07) is 8.13. The molecule has 0 aliphatic carbocycles. The van der Waals surface area contributed by atoms with Crippen molar-refractivity contribution in [1.82, 2.24) is 4.90 Å². The van der Waals surface area contributed by atoms with Crippen molar-refractivity contribution in [2.75, 3.05) is 6.54 Å². The molecule has 0 radical (unpaired) electrons. The number of rotatable bonds is 6. The van der Waals surface area contributed by atoms with Gasteiger partial charge in [0, 0.05) is 21.7 Å². The second kappa shape index (κ2) is 7.77. The zero-order chi connectivity index (χ0) is 13.5. The van der Waals surface area contributed by atoms with Crippen LogP contribution in [0, 0.1) is 3.57 Å². The molecule has 0 bridgehead atoms. The van der Waals surface area contributed by atoms with E-state index in [9.17, 15) is 4.79 Å². The number of benzene rings is 1. The molecule has 0 N–H and O–H groups in total. The summed E-state index contributed by atoms with van der Waals surface area (Å²) in [6.45, 7) is 7.27. The highest BCUT2D eigenvalue weighted by Gasteiger charge is 2.19. The number of halogens is 1. The smallest absolute Gasteiger partial charge is 0.254 e. The molecule has 0 spiro atoms. The minimum Gasteiger partial charge on any atom is -0.336 e. The van der Waals surface area contributed by atoms with E-state index in [1.165, 1.54) is 0 Å². The van der Waals surface area contributed by atoms with Gasteiger partial charge in [0.15, 0.2) is 0 Å². The number of unbranched alkanes of at least 4 members (excludes halogenated alkanes) is 1. The van der Waals surface area contributed by atoms with Gasteiger partial charge in [0.1, 0.15) is 0 Å². The molecule has 1 aromatic carbocycles. The maximum absolute atomic E-state index is 12.5. The van der Waals surface area contributed by atoms with Gasteiger partial charge in [0.05, 0.1) is 0 Å². The van der Waals surface area contributed by atoms with Crippen molar-refractivity contribution < 1.29 is 4.79 Å². The molecule has 0 saturated carbocycles. The number of hydrogen-bond acceptors (Lipinski definition) is 1. The first-order valence-corrected chi connectivity index (χ1v) is 7.74. The monoisotopic (exact) mass is 359 g/mol. The number of nitrogens with zero attached hydrogens (tertiary/aromatic N) is 1. The molecule has 18 heavy (non-hydrogen) atoms. The minimum atomic E-state index is 0.161. The highest BCUT2D eigenvalue weighted by atomic mass is 127. The minimum absolute atomic E-state index is 0.161. The highest BCUT2D eigenvalue weighted by Crippen LogP contribution is 2.14. The molecule has 0 fully saturated rings. The van der Waals surface area contributed by atoms with E-state index in [0.29, 0.717) is 6.04 Å². The normalized spacial score (nSPS) is 12.2. The lowest BCUT2D eigenvalue weighted by atomic mass is 10.1. The SMILES string of the molecule is CCCCN(C(=O)c1ccc(I)cc1)C(C)CC. The number of hydrogen-bond donors (Lipinski definition) is 0. The maximum atomic E-state index is 12.5. The van der Waals surface area contributed by atoms with E-state index in [0.717, 1.165) is 34.9 Å². The summed E-state index contributed by atoms with van der Waals surface area (Å²) in [5.41, 5.74) is 0.798. The Kier molecular flexibility index (Phi) is 6.68. The molecule has 3 heteroatoms. The molecule has 1 amide bonds. The van der Waals surface area contributed by atoms with Gasteiger partial charge in [-0.2, -0.15) is 0 Å². The molecule has 0 saturated heterocycles. The molecular weight excluding hydrogens is 337 g/mol. The van der Waals surface area contributed by atoms with Crippen LogP contribution >= 0.6 is 22.6 Å². The van der Waals surface area contributed by atoms with E-state index in [1.54, 1.807) is 0 Å². The summed E-state index contributed by atoms with van der Waals surface area (Å²) < 4.78 is 1.16. The summed E-state index contributed by atoms with van der Waals surface area (Å²) in [6.07, 6.45) is 3.19. The Morgan fingerprint density at radius 1 is 1.28 bits per heavy atom. The Labute approximate surface area is 124 Å². The van der Waals surface area contributed by atoms with E-state index >= 15 is 0 Å². The predicted octanol–water partition coefficient (Wildman–Crippen LogP) is 4.33. The third-order valence-electron chi connectivity index (χ3n) is 3.23. The van der Waals surface area contributed by atoms with Crippen LogP contribution in [0.4, 0.5) is 0 Å². The summed E-state index contributed by atoms with van der Waals surface area (Å²) in [4.78, 5) is 14.5. The number of carbonyl (C=O) groups is 1. The highest BCUT2D eigenvalue weighted by molar-refractivity contribution is 14.1. The summed E-state index contributed by atoms with van der Waals surface area (Å²) in [5.74, 6) is 0.161. The van der Waals surface area contributed by atoms with Gasteiger partial charge in [-0.05, 0) is 66.6 Å². The molecule has 100 valence electrons. The summed E-state index contributed by atoms with van der Waals surface area (Å²) in [7, 11) is 0. The molecule has 0 heterocycles.